The number of carbonyl (C=O) groups excluding carboxylic acids is 2. The molecule has 1 amide bonds. The Hall–Kier alpha value is -1.10. The molecule has 1 saturated carbocycles. The van der Waals surface area contributed by atoms with Gasteiger partial charge in [-0.25, -0.2) is 0 Å². The molecule has 19 heavy (non-hydrogen) atoms. The van der Waals surface area contributed by atoms with E-state index in [0.717, 1.165) is 19.3 Å². The van der Waals surface area contributed by atoms with Gasteiger partial charge in [0.05, 0.1) is 0 Å². The molecule has 5 heteroatoms. The van der Waals surface area contributed by atoms with Crippen LogP contribution >= 0.6 is 0 Å². The molecule has 110 valence electrons. The highest BCUT2D eigenvalue weighted by molar-refractivity contribution is 5.83. The molecule has 0 saturated heterocycles. The molecule has 1 fully saturated rings. The maximum absolute atomic E-state index is 11.9. The minimum Gasteiger partial charge on any atom is -0.459 e. The molecule has 1 aliphatic carbocycles. The van der Waals surface area contributed by atoms with Gasteiger partial charge in [-0.05, 0) is 46.0 Å². The number of ether oxygens (including phenoxy) is 1. The summed E-state index contributed by atoms with van der Waals surface area (Å²) in [6.07, 6.45) is 3.47. The number of carbonyl (C=O) groups is 2. The second-order valence-corrected chi connectivity index (χ2v) is 6.22. The molecule has 0 spiro atoms. The number of rotatable bonds is 4. The second kappa shape index (κ2) is 6.89. The van der Waals surface area contributed by atoms with Crippen LogP contribution in [0.25, 0.3) is 0 Å². The fourth-order valence-electron chi connectivity index (χ4n) is 2.38. The Morgan fingerprint density at radius 2 is 2.00 bits per heavy atom. The number of amides is 1. The van der Waals surface area contributed by atoms with Gasteiger partial charge in [-0.1, -0.05) is 6.42 Å². The summed E-state index contributed by atoms with van der Waals surface area (Å²) < 4.78 is 5.12. The number of aliphatic hydroxyl groups excluding tert-OH is 1. The fourth-order valence-corrected chi connectivity index (χ4v) is 2.38. The van der Waals surface area contributed by atoms with Gasteiger partial charge in [-0.15, -0.1) is 0 Å². The summed E-state index contributed by atoms with van der Waals surface area (Å²) in [6.45, 7) is 5.42. The largest absolute Gasteiger partial charge is 0.459 e. The van der Waals surface area contributed by atoms with Crippen LogP contribution in [0.3, 0.4) is 0 Å². The van der Waals surface area contributed by atoms with E-state index in [2.05, 4.69) is 5.32 Å². The van der Waals surface area contributed by atoms with E-state index in [9.17, 15) is 9.59 Å². The van der Waals surface area contributed by atoms with Crippen molar-refractivity contribution < 1.29 is 19.4 Å². The molecule has 5 nitrogen and oxygen atoms in total. The standard InChI is InChI=1S/C14H25NO4/c1-14(2,3)19-12(17)8-15-13(18)11-6-4-5-10(7-11)9-16/h10-11,16H,4-9H2,1-3H3,(H,15,18). The zero-order valence-electron chi connectivity index (χ0n) is 12.1. The van der Waals surface area contributed by atoms with Crippen molar-refractivity contribution in [2.45, 2.75) is 52.1 Å². The van der Waals surface area contributed by atoms with Crippen molar-refractivity contribution >= 4 is 11.9 Å². The minimum absolute atomic E-state index is 0.0869. The van der Waals surface area contributed by atoms with Gasteiger partial charge in [0.25, 0.3) is 0 Å². The van der Waals surface area contributed by atoms with E-state index in [1.165, 1.54) is 0 Å². The second-order valence-electron chi connectivity index (χ2n) is 6.22. The fraction of sp³-hybridized carbons (Fsp3) is 0.857. The lowest BCUT2D eigenvalue weighted by Crippen LogP contribution is -2.39. The topological polar surface area (TPSA) is 75.6 Å². The maximum atomic E-state index is 11.9. The number of esters is 1. The van der Waals surface area contributed by atoms with Gasteiger partial charge < -0.3 is 15.2 Å². The van der Waals surface area contributed by atoms with Crippen molar-refractivity contribution in [3.8, 4) is 0 Å². The molecule has 2 unspecified atom stereocenters. The molecule has 0 aromatic heterocycles. The minimum atomic E-state index is -0.533. The van der Waals surface area contributed by atoms with Crippen molar-refractivity contribution in [1.29, 1.82) is 0 Å². The molecule has 0 radical (unpaired) electrons. The Morgan fingerprint density at radius 3 is 2.58 bits per heavy atom. The van der Waals surface area contributed by atoms with Gasteiger partial charge in [-0.3, -0.25) is 9.59 Å². The first-order valence-corrected chi connectivity index (χ1v) is 6.92. The number of nitrogens with one attached hydrogen (secondary N) is 1. The summed E-state index contributed by atoms with van der Waals surface area (Å²) >= 11 is 0. The van der Waals surface area contributed by atoms with Crippen LogP contribution in [0.2, 0.25) is 0 Å². The summed E-state index contributed by atoms with van der Waals surface area (Å²) in [5, 5.41) is 11.8. The third-order valence-electron chi connectivity index (χ3n) is 3.24. The highest BCUT2D eigenvalue weighted by Crippen LogP contribution is 2.28. The van der Waals surface area contributed by atoms with Crippen LogP contribution in [-0.4, -0.2) is 35.7 Å². The van der Waals surface area contributed by atoms with E-state index in [-0.39, 0.29) is 30.9 Å². The van der Waals surface area contributed by atoms with Gasteiger partial charge in [0.1, 0.15) is 12.1 Å². The number of hydrogen-bond donors (Lipinski definition) is 2. The van der Waals surface area contributed by atoms with Crippen LogP contribution in [0.1, 0.15) is 46.5 Å². The van der Waals surface area contributed by atoms with E-state index in [0.29, 0.717) is 6.42 Å². The predicted molar refractivity (Wildman–Crippen MR) is 71.4 cm³/mol. The van der Waals surface area contributed by atoms with Crippen LogP contribution in [0.5, 0.6) is 0 Å². The quantitative estimate of drug-likeness (QED) is 0.754. The lowest BCUT2D eigenvalue weighted by atomic mass is 9.81. The summed E-state index contributed by atoms with van der Waals surface area (Å²) in [6, 6.07) is 0. The third kappa shape index (κ3) is 6.05. The van der Waals surface area contributed by atoms with E-state index in [4.69, 9.17) is 9.84 Å². The number of hydrogen-bond acceptors (Lipinski definition) is 4. The number of aliphatic hydroxyl groups is 1. The predicted octanol–water partition coefficient (Wildman–Crippen LogP) is 1.24. The van der Waals surface area contributed by atoms with E-state index in [1.807, 2.05) is 0 Å². The normalized spacial score (nSPS) is 23.8. The summed E-state index contributed by atoms with van der Waals surface area (Å²) in [5.41, 5.74) is -0.533. The van der Waals surface area contributed by atoms with Gasteiger partial charge in [-0.2, -0.15) is 0 Å². The first-order chi connectivity index (χ1) is 8.81. The molecule has 1 rings (SSSR count). The molecule has 0 heterocycles. The Balaban J connectivity index is 2.33. The molecular formula is C14H25NO4. The smallest absolute Gasteiger partial charge is 0.325 e. The van der Waals surface area contributed by atoms with E-state index >= 15 is 0 Å². The first-order valence-electron chi connectivity index (χ1n) is 6.92. The van der Waals surface area contributed by atoms with Crippen LogP contribution in [0.15, 0.2) is 0 Å². The van der Waals surface area contributed by atoms with E-state index < -0.39 is 11.6 Å². The van der Waals surface area contributed by atoms with Crippen LogP contribution in [0, 0.1) is 11.8 Å². The molecule has 1 aliphatic rings. The SMILES string of the molecule is CC(C)(C)OC(=O)CNC(=O)C1CCCC(CO)C1. The average Bonchev–Trinajstić information content (AvgIpc) is 2.34. The Labute approximate surface area is 114 Å². The molecule has 2 atom stereocenters. The van der Waals surface area contributed by atoms with Gasteiger partial charge in [0.2, 0.25) is 5.91 Å². The van der Waals surface area contributed by atoms with E-state index in [1.54, 1.807) is 20.8 Å². The summed E-state index contributed by atoms with van der Waals surface area (Å²) in [7, 11) is 0. The van der Waals surface area contributed by atoms with Gasteiger partial charge in [0.15, 0.2) is 0 Å². The average molecular weight is 271 g/mol. The Bertz CT molecular complexity index is 322. The highest BCUT2D eigenvalue weighted by atomic mass is 16.6. The Morgan fingerprint density at radius 1 is 1.32 bits per heavy atom. The van der Waals surface area contributed by atoms with Crippen LogP contribution < -0.4 is 5.32 Å². The molecule has 0 aromatic rings. The highest BCUT2D eigenvalue weighted by Gasteiger charge is 2.27. The summed E-state index contributed by atoms with van der Waals surface area (Å²) in [5.74, 6) is -0.404. The maximum Gasteiger partial charge on any atom is 0.325 e. The molecule has 0 aliphatic heterocycles. The van der Waals surface area contributed by atoms with Gasteiger partial charge in [0, 0.05) is 12.5 Å². The molecule has 2 N–H and O–H groups in total. The zero-order chi connectivity index (χ0) is 14.5. The van der Waals surface area contributed by atoms with Crippen molar-refractivity contribution in [1.82, 2.24) is 5.32 Å². The lowest BCUT2D eigenvalue weighted by Gasteiger charge is -2.27. The van der Waals surface area contributed by atoms with Crippen molar-refractivity contribution in [2.75, 3.05) is 13.2 Å². The third-order valence-corrected chi connectivity index (χ3v) is 3.24. The van der Waals surface area contributed by atoms with Crippen LogP contribution in [0.4, 0.5) is 0 Å². The van der Waals surface area contributed by atoms with Crippen molar-refractivity contribution in [3.05, 3.63) is 0 Å². The van der Waals surface area contributed by atoms with Crippen molar-refractivity contribution in [3.63, 3.8) is 0 Å². The zero-order valence-corrected chi connectivity index (χ0v) is 12.1. The summed E-state index contributed by atoms with van der Waals surface area (Å²) in [4.78, 5) is 23.4. The van der Waals surface area contributed by atoms with Gasteiger partial charge >= 0.3 is 5.97 Å². The van der Waals surface area contributed by atoms with Crippen LogP contribution in [-0.2, 0) is 14.3 Å². The lowest BCUT2D eigenvalue weighted by molar-refractivity contribution is -0.154. The first kappa shape index (κ1) is 16.0. The van der Waals surface area contributed by atoms with Crippen molar-refractivity contribution in [2.24, 2.45) is 11.8 Å². The molecule has 0 aromatic carbocycles. The Kier molecular flexibility index (Phi) is 5.79. The molecule has 0 bridgehead atoms. The monoisotopic (exact) mass is 271 g/mol. The molecular weight excluding hydrogens is 246 g/mol.